The van der Waals surface area contributed by atoms with Crippen molar-refractivity contribution in [3.63, 3.8) is 0 Å². The number of phenolic OH excluding ortho intramolecular Hbond substituents is 2. The highest BCUT2D eigenvalue weighted by Gasteiger charge is 2.06. The lowest BCUT2D eigenvalue weighted by Gasteiger charge is -2.10. The molecule has 0 aliphatic carbocycles. The van der Waals surface area contributed by atoms with Crippen LogP contribution >= 0.6 is 0 Å². The highest BCUT2D eigenvalue weighted by molar-refractivity contribution is 5.44. The minimum absolute atomic E-state index is 0.118. The molecule has 0 heterocycles. The number of aryl methyl sites for hydroxylation is 1. The summed E-state index contributed by atoms with van der Waals surface area (Å²) in [6.07, 6.45) is 9.35. The lowest BCUT2D eigenvalue weighted by Crippen LogP contribution is -2.04. The smallest absolute Gasteiger partial charge is 0.122 e. The van der Waals surface area contributed by atoms with E-state index in [0.29, 0.717) is 0 Å². The van der Waals surface area contributed by atoms with E-state index in [9.17, 15) is 15.3 Å². The van der Waals surface area contributed by atoms with Crippen LogP contribution in [0.15, 0.2) is 12.1 Å². The van der Waals surface area contributed by atoms with Crippen LogP contribution in [-0.4, -0.2) is 21.4 Å². The molecule has 1 aromatic carbocycles. The van der Waals surface area contributed by atoms with Gasteiger partial charge in [-0.25, -0.2) is 0 Å². The van der Waals surface area contributed by atoms with Gasteiger partial charge in [0, 0.05) is 6.07 Å². The van der Waals surface area contributed by atoms with Crippen molar-refractivity contribution >= 4 is 0 Å². The summed E-state index contributed by atoms with van der Waals surface area (Å²) in [6, 6.07) is 3.14. The van der Waals surface area contributed by atoms with Crippen molar-refractivity contribution in [3.05, 3.63) is 23.3 Å². The molecule has 1 rings (SSSR count). The second kappa shape index (κ2) is 9.67. The molecule has 120 valence electrons. The van der Waals surface area contributed by atoms with Crippen molar-refractivity contribution in [3.8, 4) is 11.5 Å². The predicted octanol–water partition coefficient (Wildman–Crippen LogP) is 4.45. The first-order valence-corrected chi connectivity index (χ1v) is 8.24. The average Bonchev–Trinajstić information content (AvgIpc) is 2.43. The Morgan fingerprint density at radius 3 is 2.33 bits per heavy atom. The molecule has 0 amide bonds. The van der Waals surface area contributed by atoms with Crippen LogP contribution < -0.4 is 0 Å². The van der Waals surface area contributed by atoms with Crippen LogP contribution in [0, 0.1) is 6.92 Å². The Kier molecular flexibility index (Phi) is 8.21. The topological polar surface area (TPSA) is 60.7 Å². The van der Waals surface area contributed by atoms with Crippen LogP contribution in [0.1, 0.15) is 69.4 Å². The molecule has 0 saturated heterocycles. The van der Waals surface area contributed by atoms with E-state index in [0.717, 1.165) is 56.1 Å². The van der Waals surface area contributed by atoms with Crippen LogP contribution in [0.25, 0.3) is 0 Å². The van der Waals surface area contributed by atoms with E-state index >= 15 is 0 Å². The van der Waals surface area contributed by atoms with Gasteiger partial charge in [-0.05, 0) is 49.8 Å². The van der Waals surface area contributed by atoms with E-state index in [2.05, 4.69) is 6.92 Å². The molecule has 1 unspecified atom stereocenters. The molecular formula is C18H30O3. The Hall–Kier alpha value is -1.22. The second-order valence-corrected chi connectivity index (χ2v) is 6.00. The van der Waals surface area contributed by atoms with E-state index < -0.39 is 0 Å². The van der Waals surface area contributed by atoms with Crippen molar-refractivity contribution in [2.45, 2.75) is 77.7 Å². The van der Waals surface area contributed by atoms with E-state index in [1.165, 1.54) is 18.9 Å². The van der Waals surface area contributed by atoms with Gasteiger partial charge in [0.2, 0.25) is 0 Å². The number of aromatic hydroxyl groups is 2. The van der Waals surface area contributed by atoms with Gasteiger partial charge < -0.3 is 15.3 Å². The van der Waals surface area contributed by atoms with Gasteiger partial charge in [0.05, 0.1) is 6.10 Å². The molecule has 0 aromatic heterocycles. The first kappa shape index (κ1) is 17.8. The normalized spacial score (nSPS) is 12.5. The van der Waals surface area contributed by atoms with Crippen LogP contribution in [0.5, 0.6) is 11.5 Å². The molecule has 21 heavy (non-hydrogen) atoms. The Balaban J connectivity index is 2.15. The quantitative estimate of drug-likeness (QED) is 0.559. The molecular weight excluding hydrogens is 264 g/mol. The monoisotopic (exact) mass is 294 g/mol. The molecule has 3 N–H and O–H groups in total. The third-order valence-electron chi connectivity index (χ3n) is 4.08. The molecule has 3 nitrogen and oxygen atoms in total. The molecule has 3 heteroatoms. The Morgan fingerprint density at radius 1 is 0.952 bits per heavy atom. The van der Waals surface area contributed by atoms with Gasteiger partial charge in [0.15, 0.2) is 0 Å². The molecule has 1 atom stereocenters. The largest absolute Gasteiger partial charge is 0.508 e. The minimum atomic E-state index is -0.118. The van der Waals surface area contributed by atoms with Gasteiger partial charge in [-0.15, -0.1) is 0 Å². The summed E-state index contributed by atoms with van der Waals surface area (Å²) < 4.78 is 0. The summed E-state index contributed by atoms with van der Waals surface area (Å²) in [5, 5.41) is 28.8. The zero-order valence-electron chi connectivity index (χ0n) is 13.4. The van der Waals surface area contributed by atoms with Crippen LogP contribution in [-0.2, 0) is 6.42 Å². The first-order chi connectivity index (χ1) is 10.0. The molecule has 0 aliphatic heterocycles. The number of benzene rings is 1. The average molecular weight is 294 g/mol. The van der Waals surface area contributed by atoms with Crippen molar-refractivity contribution < 1.29 is 15.3 Å². The van der Waals surface area contributed by atoms with E-state index in [1.54, 1.807) is 6.07 Å². The molecule has 0 radical (unpaired) electrons. The fourth-order valence-corrected chi connectivity index (χ4v) is 2.70. The summed E-state index contributed by atoms with van der Waals surface area (Å²) in [4.78, 5) is 0. The number of rotatable bonds is 10. The maximum absolute atomic E-state index is 9.67. The maximum atomic E-state index is 9.67. The summed E-state index contributed by atoms with van der Waals surface area (Å²) >= 11 is 0. The maximum Gasteiger partial charge on any atom is 0.122 e. The Morgan fingerprint density at radius 2 is 1.62 bits per heavy atom. The summed E-state index contributed by atoms with van der Waals surface area (Å²) in [5.41, 5.74) is 1.90. The molecule has 0 fully saturated rings. The molecule has 0 aliphatic rings. The highest BCUT2D eigenvalue weighted by Crippen LogP contribution is 2.27. The third-order valence-corrected chi connectivity index (χ3v) is 4.08. The molecule has 0 bridgehead atoms. The van der Waals surface area contributed by atoms with E-state index in [-0.39, 0.29) is 17.6 Å². The summed E-state index contributed by atoms with van der Waals surface area (Å²) in [7, 11) is 0. The number of hydrogen-bond acceptors (Lipinski definition) is 3. The minimum Gasteiger partial charge on any atom is -0.508 e. The first-order valence-electron chi connectivity index (χ1n) is 8.24. The molecule has 0 spiro atoms. The number of hydrogen-bond donors (Lipinski definition) is 3. The lowest BCUT2D eigenvalue weighted by atomic mass is 9.99. The van der Waals surface area contributed by atoms with E-state index in [1.807, 2.05) is 6.92 Å². The SMILES string of the molecule is CCCC(O)CCCCCCCc1cc(O)cc(O)c1C. The number of unbranched alkanes of at least 4 members (excludes halogenated alkanes) is 4. The van der Waals surface area contributed by atoms with Gasteiger partial charge in [-0.1, -0.05) is 39.0 Å². The van der Waals surface area contributed by atoms with Gasteiger partial charge in [0.25, 0.3) is 0 Å². The lowest BCUT2D eigenvalue weighted by molar-refractivity contribution is 0.150. The van der Waals surface area contributed by atoms with Crippen LogP contribution in [0.4, 0.5) is 0 Å². The predicted molar refractivity (Wildman–Crippen MR) is 86.8 cm³/mol. The van der Waals surface area contributed by atoms with Crippen molar-refractivity contribution in [1.82, 2.24) is 0 Å². The second-order valence-electron chi connectivity index (χ2n) is 6.00. The van der Waals surface area contributed by atoms with Crippen molar-refractivity contribution in [2.24, 2.45) is 0 Å². The molecule has 0 saturated carbocycles. The zero-order chi connectivity index (χ0) is 15.7. The Labute approximate surface area is 128 Å². The number of aliphatic hydroxyl groups excluding tert-OH is 1. The standard InChI is InChI=1S/C18H30O3/c1-3-9-16(19)11-8-6-4-5-7-10-15-12-17(20)13-18(21)14(15)2/h12-13,16,19-21H,3-11H2,1-2H3. The van der Waals surface area contributed by atoms with Crippen LogP contribution in [0.3, 0.4) is 0 Å². The van der Waals surface area contributed by atoms with Gasteiger partial charge in [-0.2, -0.15) is 0 Å². The highest BCUT2D eigenvalue weighted by atomic mass is 16.3. The number of phenols is 2. The summed E-state index contributed by atoms with van der Waals surface area (Å²) in [5.74, 6) is 0.313. The molecule has 1 aromatic rings. The van der Waals surface area contributed by atoms with Crippen LogP contribution in [0.2, 0.25) is 0 Å². The zero-order valence-corrected chi connectivity index (χ0v) is 13.4. The third kappa shape index (κ3) is 6.85. The van der Waals surface area contributed by atoms with Gasteiger partial charge in [0.1, 0.15) is 11.5 Å². The number of aliphatic hydroxyl groups is 1. The van der Waals surface area contributed by atoms with Crippen molar-refractivity contribution in [1.29, 1.82) is 0 Å². The van der Waals surface area contributed by atoms with E-state index in [4.69, 9.17) is 0 Å². The fourth-order valence-electron chi connectivity index (χ4n) is 2.70. The Bertz CT molecular complexity index is 415. The summed E-state index contributed by atoms with van der Waals surface area (Å²) in [6.45, 7) is 3.99. The van der Waals surface area contributed by atoms with Crippen molar-refractivity contribution in [2.75, 3.05) is 0 Å². The van der Waals surface area contributed by atoms with Gasteiger partial charge >= 0.3 is 0 Å². The van der Waals surface area contributed by atoms with Gasteiger partial charge in [-0.3, -0.25) is 0 Å². The fraction of sp³-hybridized carbons (Fsp3) is 0.667.